The molecule has 0 saturated carbocycles. The average molecular weight is 428 g/mol. The summed E-state index contributed by atoms with van der Waals surface area (Å²) in [6.07, 6.45) is 0. The molecule has 0 bridgehead atoms. The molecule has 1 aromatic heterocycles. The van der Waals surface area contributed by atoms with Crippen molar-refractivity contribution in [1.29, 1.82) is 0 Å². The van der Waals surface area contributed by atoms with Gasteiger partial charge in [-0.3, -0.25) is 5.43 Å². The minimum Gasteiger partial charge on any atom is -0.476 e. The number of aromatic nitrogens is 1. The van der Waals surface area contributed by atoms with Crippen LogP contribution in [0.2, 0.25) is 25.2 Å². The number of pyridine rings is 1. The summed E-state index contributed by atoms with van der Waals surface area (Å²) in [6, 6.07) is 4.99. The van der Waals surface area contributed by atoms with Gasteiger partial charge in [0.1, 0.15) is 10.0 Å². The summed E-state index contributed by atoms with van der Waals surface area (Å²) in [5.74, 6) is -1.34. The van der Waals surface area contributed by atoms with Crippen molar-refractivity contribution in [2.24, 2.45) is 5.10 Å². The molecular weight excluding hydrogens is 419 g/mol. The Hall–Kier alpha value is -1.24. The molecule has 2 aromatic rings. The first-order valence-corrected chi connectivity index (χ1v) is 8.14. The highest BCUT2D eigenvalue weighted by Gasteiger charge is 2.20. The van der Waals surface area contributed by atoms with E-state index in [1.165, 1.54) is 0 Å². The third-order valence-electron chi connectivity index (χ3n) is 2.91. The maximum atomic E-state index is 11.1. The van der Waals surface area contributed by atoms with E-state index in [1.807, 2.05) is 0 Å². The number of aromatic carboxylic acids is 1. The fourth-order valence-electron chi connectivity index (χ4n) is 1.68. The highest BCUT2D eigenvalue weighted by Crippen LogP contribution is 2.37. The number of benzene rings is 1. The van der Waals surface area contributed by atoms with Crippen LogP contribution in [-0.2, 0) is 0 Å². The Kier molecular flexibility index (Phi) is 6.17. The number of nitrogens with zero attached hydrogens (tertiary/aromatic N) is 2. The van der Waals surface area contributed by atoms with Gasteiger partial charge >= 0.3 is 5.97 Å². The predicted octanol–water partition coefficient (Wildman–Crippen LogP) is 5.88. The number of nitrogens with one attached hydrogen (secondary N) is 1. The Morgan fingerprint density at radius 2 is 1.79 bits per heavy atom. The maximum absolute atomic E-state index is 11.1. The second-order valence-corrected chi connectivity index (χ2v) is 6.43. The Bertz CT molecular complexity index is 855. The minimum absolute atomic E-state index is 0.0372. The Labute approximate surface area is 162 Å². The zero-order valence-electron chi connectivity index (χ0n) is 11.9. The SMILES string of the molecule is CC(=NNc1c(Cl)c(Cl)nc(C(=O)O)c1Cl)c1ccc(Cl)c(Cl)c1. The van der Waals surface area contributed by atoms with E-state index in [0.29, 0.717) is 21.3 Å². The van der Waals surface area contributed by atoms with Crippen LogP contribution in [0.5, 0.6) is 0 Å². The van der Waals surface area contributed by atoms with Gasteiger partial charge in [0.2, 0.25) is 0 Å². The van der Waals surface area contributed by atoms with E-state index < -0.39 is 11.7 Å². The van der Waals surface area contributed by atoms with Gasteiger partial charge in [0.15, 0.2) is 10.8 Å². The Balaban J connectivity index is 2.40. The molecule has 0 aliphatic heterocycles. The van der Waals surface area contributed by atoms with Gasteiger partial charge in [-0.25, -0.2) is 9.78 Å². The van der Waals surface area contributed by atoms with Gasteiger partial charge < -0.3 is 5.11 Å². The van der Waals surface area contributed by atoms with E-state index in [2.05, 4.69) is 15.5 Å². The lowest BCUT2D eigenvalue weighted by Gasteiger charge is -2.10. The summed E-state index contributed by atoms with van der Waals surface area (Å²) in [6.45, 7) is 1.70. The molecular formula is C14H8Cl5N3O2. The highest BCUT2D eigenvalue weighted by atomic mass is 35.5. The predicted molar refractivity (Wildman–Crippen MR) is 98.5 cm³/mol. The van der Waals surface area contributed by atoms with E-state index in [1.54, 1.807) is 25.1 Å². The zero-order chi connectivity index (χ0) is 18.0. The first-order valence-electron chi connectivity index (χ1n) is 6.26. The molecule has 0 saturated heterocycles. The third kappa shape index (κ3) is 4.05. The van der Waals surface area contributed by atoms with Gasteiger partial charge in [0, 0.05) is 0 Å². The number of carbonyl (C=O) groups is 1. The molecule has 1 aromatic carbocycles. The quantitative estimate of drug-likeness (QED) is 0.363. The van der Waals surface area contributed by atoms with E-state index in [9.17, 15) is 4.79 Å². The second kappa shape index (κ2) is 7.76. The molecule has 126 valence electrons. The number of hydrogen-bond donors (Lipinski definition) is 2. The number of carboxylic acid groups (broad SMARTS) is 1. The van der Waals surface area contributed by atoms with Gasteiger partial charge in [-0.2, -0.15) is 5.10 Å². The highest BCUT2D eigenvalue weighted by molar-refractivity contribution is 6.46. The van der Waals surface area contributed by atoms with Gasteiger partial charge in [-0.1, -0.05) is 64.1 Å². The van der Waals surface area contributed by atoms with E-state index in [-0.39, 0.29) is 20.9 Å². The summed E-state index contributed by atoms with van der Waals surface area (Å²) in [4.78, 5) is 14.7. The molecule has 2 rings (SSSR count). The fraction of sp³-hybridized carbons (Fsp3) is 0.0714. The van der Waals surface area contributed by atoms with Crippen molar-refractivity contribution in [3.8, 4) is 0 Å². The number of carboxylic acids is 1. The topological polar surface area (TPSA) is 74.6 Å². The van der Waals surface area contributed by atoms with Crippen molar-refractivity contribution >= 4 is 75.4 Å². The van der Waals surface area contributed by atoms with E-state index in [0.717, 1.165) is 0 Å². The number of hydrogen-bond acceptors (Lipinski definition) is 4. The lowest BCUT2D eigenvalue weighted by molar-refractivity contribution is 0.0691. The van der Waals surface area contributed by atoms with Crippen LogP contribution in [-0.4, -0.2) is 21.8 Å². The summed E-state index contributed by atoms with van der Waals surface area (Å²) in [5, 5.41) is 13.5. The lowest BCUT2D eigenvalue weighted by atomic mass is 10.1. The van der Waals surface area contributed by atoms with Crippen molar-refractivity contribution in [2.45, 2.75) is 6.92 Å². The number of anilines is 1. The van der Waals surface area contributed by atoms with Gasteiger partial charge in [-0.05, 0) is 24.6 Å². The number of rotatable bonds is 4. The standard InChI is InChI=1S/C14H8Cl5N3O2/c1-5(6-2-3-7(15)8(16)4-6)21-22-11-9(17)12(14(23)24)20-13(19)10(11)18/h2-4H,1H3,(H,20,22)(H,23,24). The van der Waals surface area contributed by atoms with E-state index >= 15 is 0 Å². The smallest absolute Gasteiger partial charge is 0.356 e. The van der Waals surface area contributed by atoms with Crippen molar-refractivity contribution < 1.29 is 9.90 Å². The summed E-state index contributed by atoms with van der Waals surface area (Å²) in [7, 11) is 0. The molecule has 2 N–H and O–H groups in total. The molecule has 1 heterocycles. The molecule has 0 spiro atoms. The van der Waals surface area contributed by atoms with Crippen LogP contribution in [0, 0.1) is 0 Å². The van der Waals surface area contributed by atoms with Crippen LogP contribution >= 0.6 is 58.0 Å². The first-order chi connectivity index (χ1) is 11.2. The van der Waals surface area contributed by atoms with Crippen LogP contribution in [0.3, 0.4) is 0 Å². The molecule has 0 amide bonds. The van der Waals surface area contributed by atoms with E-state index in [4.69, 9.17) is 63.1 Å². The van der Waals surface area contributed by atoms with Crippen molar-refractivity contribution in [1.82, 2.24) is 4.98 Å². The zero-order valence-corrected chi connectivity index (χ0v) is 15.7. The van der Waals surface area contributed by atoms with Crippen molar-refractivity contribution in [2.75, 3.05) is 5.43 Å². The first kappa shape index (κ1) is 19.1. The van der Waals surface area contributed by atoms with Crippen molar-refractivity contribution in [3.05, 3.63) is 54.7 Å². The normalized spacial score (nSPS) is 11.5. The molecule has 5 nitrogen and oxygen atoms in total. The summed E-state index contributed by atoms with van der Waals surface area (Å²) >= 11 is 29.7. The molecule has 24 heavy (non-hydrogen) atoms. The van der Waals surface area contributed by atoms with Crippen LogP contribution in [0.1, 0.15) is 23.0 Å². The van der Waals surface area contributed by atoms with Crippen LogP contribution < -0.4 is 5.43 Å². The molecule has 0 unspecified atom stereocenters. The number of hydrazone groups is 1. The number of halogens is 5. The Morgan fingerprint density at radius 1 is 1.12 bits per heavy atom. The Morgan fingerprint density at radius 3 is 2.38 bits per heavy atom. The maximum Gasteiger partial charge on any atom is 0.356 e. The molecule has 0 fully saturated rings. The fourth-order valence-corrected chi connectivity index (χ4v) is 2.64. The van der Waals surface area contributed by atoms with Crippen LogP contribution in [0.25, 0.3) is 0 Å². The van der Waals surface area contributed by atoms with Gasteiger partial charge in [0.05, 0.1) is 21.4 Å². The average Bonchev–Trinajstić information content (AvgIpc) is 2.52. The van der Waals surface area contributed by atoms with Crippen LogP contribution in [0.15, 0.2) is 23.3 Å². The molecule has 0 aliphatic carbocycles. The molecule has 0 radical (unpaired) electrons. The molecule has 0 atom stereocenters. The van der Waals surface area contributed by atoms with Gasteiger partial charge in [0.25, 0.3) is 0 Å². The monoisotopic (exact) mass is 425 g/mol. The summed E-state index contributed by atoms with van der Waals surface area (Å²) < 4.78 is 0. The minimum atomic E-state index is -1.34. The van der Waals surface area contributed by atoms with Gasteiger partial charge in [-0.15, -0.1) is 0 Å². The van der Waals surface area contributed by atoms with Crippen LogP contribution in [0.4, 0.5) is 5.69 Å². The lowest BCUT2D eigenvalue weighted by Crippen LogP contribution is -2.06. The molecule has 10 heteroatoms. The molecule has 0 aliphatic rings. The largest absolute Gasteiger partial charge is 0.476 e. The second-order valence-electron chi connectivity index (χ2n) is 4.50. The summed E-state index contributed by atoms with van der Waals surface area (Å²) in [5.41, 5.74) is 3.44. The third-order valence-corrected chi connectivity index (χ3v) is 4.76. The van der Waals surface area contributed by atoms with Crippen molar-refractivity contribution in [3.63, 3.8) is 0 Å².